The van der Waals surface area contributed by atoms with Crippen LogP contribution < -0.4 is 10.6 Å². The Labute approximate surface area is 141 Å². The van der Waals surface area contributed by atoms with Gasteiger partial charge in [-0.15, -0.1) is 11.8 Å². The average Bonchev–Trinajstić information content (AvgIpc) is 2.55. The Hall–Kier alpha value is -1.53. The summed E-state index contributed by atoms with van der Waals surface area (Å²) < 4.78 is 5.44. The van der Waals surface area contributed by atoms with Crippen LogP contribution in [0.5, 0.6) is 0 Å². The van der Waals surface area contributed by atoms with Crippen LogP contribution in [-0.2, 0) is 14.3 Å². The first-order valence-corrected chi connectivity index (χ1v) is 8.99. The molecule has 2 rings (SSSR count). The summed E-state index contributed by atoms with van der Waals surface area (Å²) in [6, 6.07) is 7.64. The van der Waals surface area contributed by atoms with Gasteiger partial charge in [0, 0.05) is 31.1 Å². The van der Waals surface area contributed by atoms with E-state index in [0.717, 1.165) is 36.5 Å². The fraction of sp³-hybridized carbons (Fsp3) is 0.529. The summed E-state index contributed by atoms with van der Waals surface area (Å²) in [7, 11) is 0. The molecule has 1 unspecified atom stereocenters. The normalized spacial score (nSPS) is 16.6. The number of ether oxygens (including phenoxy) is 1. The Morgan fingerprint density at radius 3 is 2.91 bits per heavy atom. The molecule has 0 saturated heterocycles. The summed E-state index contributed by atoms with van der Waals surface area (Å²) in [6.07, 6.45) is 3.19. The molecular weight excluding hydrogens is 312 g/mol. The van der Waals surface area contributed by atoms with E-state index in [9.17, 15) is 9.59 Å². The van der Waals surface area contributed by atoms with Crippen molar-refractivity contribution >= 4 is 29.3 Å². The van der Waals surface area contributed by atoms with Crippen LogP contribution in [0.2, 0.25) is 0 Å². The average molecular weight is 336 g/mol. The molecule has 0 aliphatic carbocycles. The van der Waals surface area contributed by atoms with Crippen LogP contribution in [0, 0.1) is 0 Å². The van der Waals surface area contributed by atoms with Crippen LogP contribution in [0.4, 0.5) is 5.69 Å². The Bertz CT molecular complexity index is 536. The smallest absolute Gasteiger partial charge is 0.238 e. The van der Waals surface area contributed by atoms with E-state index in [0.29, 0.717) is 13.2 Å². The Morgan fingerprint density at radius 2 is 2.09 bits per heavy atom. The number of unbranched alkanes of at least 4 members (excludes halogenated alkanes) is 1. The van der Waals surface area contributed by atoms with Crippen LogP contribution in [-0.4, -0.2) is 36.8 Å². The lowest BCUT2D eigenvalue weighted by Crippen LogP contribution is -2.35. The predicted octanol–water partition coefficient (Wildman–Crippen LogP) is 2.81. The predicted molar refractivity (Wildman–Crippen MR) is 92.7 cm³/mol. The Balaban J connectivity index is 1.66. The molecule has 2 N–H and O–H groups in total. The van der Waals surface area contributed by atoms with Crippen LogP contribution in [0.25, 0.3) is 0 Å². The Morgan fingerprint density at radius 1 is 1.30 bits per heavy atom. The van der Waals surface area contributed by atoms with Gasteiger partial charge in [-0.25, -0.2) is 0 Å². The monoisotopic (exact) mass is 336 g/mol. The molecular formula is C17H24N2O3S. The molecule has 1 aliphatic heterocycles. The van der Waals surface area contributed by atoms with Gasteiger partial charge < -0.3 is 15.4 Å². The maximum atomic E-state index is 12.0. The van der Waals surface area contributed by atoms with Crippen molar-refractivity contribution in [3.05, 3.63) is 24.3 Å². The van der Waals surface area contributed by atoms with E-state index in [2.05, 4.69) is 17.6 Å². The highest BCUT2D eigenvalue weighted by Gasteiger charge is 2.28. The van der Waals surface area contributed by atoms with E-state index in [1.165, 1.54) is 11.8 Å². The van der Waals surface area contributed by atoms with Crippen molar-refractivity contribution in [2.24, 2.45) is 0 Å². The van der Waals surface area contributed by atoms with E-state index >= 15 is 0 Å². The van der Waals surface area contributed by atoms with E-state index in [1.54, 1.807) is 0 Å². The molecule has 0 aromatic heterocycles. The van der Waals surface area contributed by atoms with Crippen molar-refractivity contribution in [2.75, 3.05) is 25.1 Å². The zero-order valence-corrected chi connectivity index (χ0v) is 14.3. The minimum atomic E-state index is -0.370. The van der Waals surface area contributed by atoms with Gasteiger partial charge >= 0.3 is 0 Å². The molecule has 0 radical (unpaired) electrons. The molecule has 6 heteroatoms. The van der Waals surface area contributed by atoms with Gasteiger partial charge in [0.1, 0.15) is 0 Å². The lowest BCUT2D eigenvalue weighted by Gasteiger charge is -2.23. The lowest BCUT2D eigenvalue weighted by molar-refractivity contribution is -0.124. The van der Waals surface area contributed by atoms with Gasteiger partial charge in [0.05, 0.1) is 10.9 Å². The molecule has 1 aliphatic rings. The first-order valence-electron chi connectivity index (χ1n) is 8.11. The van der Waals surface area contributed by atoms with Gasteiger partial charge in [-0.2, -0.15) is 0 Å². The second-order valence-corrected chi connectivity index (χ2v) is 6.71. The molecule has 2 amide bonds. The number of amides is 2. The number of carbonyl (C=O) groups excluding carboxylic acids is 2. The fourth-order valence-electron chi connectivity index (χ4n) is 2.22. The number of anilines is 1. The number of para-hydroxylation sites is 1. The van der Waals surface area contributed by atoms with Gasteiger partial charge in [-0.3, -0.25) is 9.59 Å². The number of rotatable bonds is 9. The summed E-state index contributed by atoms with van der Waals surface area (Å²) in [5.41, 5.74) is 0.823. The van der Waals surface area contributed by atoms with Crippen molar-refractivity contribution < 1.29 is 14.3 Å². The zero-order valence-electron chi connectivity index (χ0n) is 13.5. The molecule has 0 saturated carbocycles. The number of carbonyl (C=O) groups is 2. The zero-order chi connectivity index (χ0) is 16.5. The van der Waals surface area contributed by atoms with Crippen molar-refractivity contribution in [3.63, 3.8) is 0 Å². The third kappa shape index (κ3) is 5.88. The van der Waals surface area contributed by atoms with Crippen molar-refractivity contribution in [3.8, 4) is 0 Å². The second kappa shape index (κ2) is 9.57. The molecule has 1 aromatic carbocycles. The topological polar surface area (TPSA) is 67.4 Å². The van der Waals surface area contributed by atoms with Crippen molar-refractivity contribution in [1.82, 2.24) is 5.32 Å². The lowest BCUT2D eigenvalue weighted by atomic mass is 10.2. The van der Waals surface area contributed by atoms with Gasteiger partial charge in [0.2, 0.25) is 11.8 Å². The molecule has 0 spiro atoms. The first kappa shape index (κ1) is 17.8. The highest BCUT2D eigenvalue weighted by atomic mass is 32.2. The summed E-state index contributed by atoms with van der Waals surface area (Å²) in [4.78, 5) is 25.0. The van der Waals surface area contributed by atoms with Gasteiger partial charge in [-0.1, -0.05) is 25.5 Å². The number of benzene rings is 1. The van der Waals surface area contributed by atoms with Crippen molar-refractivity contribution in [1.29, 1.82) is 0 Å². The SMILES string of the molecule is CCCCOCCCNC(=O)CC1Sc2ccccc2NC1=O. The van der Waals surface area contributed by atoms with Crippen LogP contribution in [0.3, 0.4) is 0 Å². The van der Waals surface area contributed by atoms with E-state index < -0.39 is 0 Å². The quantitative estimate of drug-likeness (QED) is 0.681. The first-order chi connectivity index (χ1) is 11.2. The van der Waals surface area contributed by atoms with Crippen molar-refractivity contribution in [2.45, 2.75) is 42.8 Å². The largest absolute Gasteiger partial charge is 0.381 e. The number of thioether (sulfide) groups is 1. The van der Waals surface area contributed by atoms with Crippen LogP contribution in [0.1, 0.15) is 32.6 Å². The minimum Gasteiger partial charge on any atom is -0.381 e. The van der Waals surface area contributed by atoms with Gasteiger partial charge in [-0.05, 0) is 25.0 Å². The third-order valence-corrected chi connectivity index (χ3v) is 4.78. The van der Waals surface area contributed by atoms with Gasteiger partial charge in [0.25, 0.3) is 0 Å². The summed E-state index contributed by atoms with van der Waals surface area (Å²) in [5, 5.41) is 5.33. The molecule has 1 atom stereocenters. The number of nitrogens with one attached hydrogen (secondary N) is 2. The van der Waals surface area contributed by atoms with E-state index in [-0.39, 0.29) is 23.5 Å². The van der Waals surface area contributed by atoms with E-state index in [4.69, 9.17) is 4.74 Å². The minimum absolute atomic E-state index is 0.0920. The third-order valence-electron chi connectivity index (χ3n) is 3.51. The van der Waals surface area contributed by atoms with Crippen LogP contribution >= 0.6 is 11.8 Å². The number of hydrogen-bond acceptors (Lipinski definition) is 4. The Kier molecular flexibility index (Phi) is 7.42. The molecule has 5 nitrogen and oxygen atoms in total. The molecule has 0 fully saturated rings. The molecule has 0 bridgehead atoms. The fourth-order valence-corrected chi connectivity index (χ4v) is 3.33. The molecule has 126 valence electrons. The molecule has 23 heavy (non-hydrogen) atoms. The van der Waals surface area contributed by atoms with E-state index in [1.807, 2.05) is 24.3 Å². The summed E-state index contributed by atoms with van der Waals surface area (Å²) in [6.45, 7) is 4.15. The standard InChI is InChI=1S/C17H24N2O3S/c1-2-3-10-22-11-6-9-18-16(20)12-15-17(21)19-13-7-4-5-8-14(13)23-15/h4-5,7-8,15H,2-3,6,9-12H2,1H3,(H,18,20)(H,19,21). The highest BCUT2D eigenvalue weighted by molar-refractivity contribution is 8.01. The maximum absolute atomic E-state index is 12.0. The molecule has 1 aromatic rings. The second-order valence-electron chi connectivity index (χ2n) is 5.47. The summed E-state index contributed by atoms with van der Waals surface area (Å²) in [5.74, 6) is -0.197. The number of fused-ring (bicyclic) bond motifs is 1. The molecule has 1 heterocycles. The van der Waals surface area contributed by atoms with Gasteiger partial charge in [0.15, 0.2) is 0 Å². The van der Waals surface area contributed by atoms with Crippen LogP contribution in [0.15, 0.2) is 29.2 Å². The highest BCUT2D eigenvalue weighted by Crippen LogP contribution is 2.36. The maximum Gasteiger partial charge on any atom is 0.238 e. The summed E-state index contributed by atoms with van der Waals surface area (Å²) >= 11 is 1.45. The number of hydrogen-bond donors (Lipinski definition) is 2.